The summed E-state index contributed by atoms with van der Waals surface area (Å²) in [6.45, 7) is 3.85. The second-order valence-electron chi connectivity index (χ2n) is 5.09. The monoisotopic (exact) mass is 273 g/mol. The molecule has 0 amide bonds. The Morgan fingerprint density at radius 1 is 1.30 bits per heavy atom. The molecular formula is C16H23N3O. The maximum atomic E-state index is 5.12. The van der Waals surface area contributed by atoms with Gasteiger partial charge in [0.2, 0.25) is 0 Å². The minimum Gasteiger partial charge on any atom is -0.472 e. The molecule has 2 aromatic rings. The van der Waals surface area contributed by atoms with E-state index >= 15 is 0 Å². The van der Waals surface area contributed by atoms with E-state index in [9.17, 15) is 0 Å². The van der Waals surface area contributed by atoms with Crippen molar-refractivity contribution in [2.75, 3.05) is 19.0 Å². The van der Waals surface area contributed by atoms with Crippen molar-refractivity contribution in [3.05, 3.63) is 47.5 Å². The normalized spacial score (nSPS) is 10.8. The van der Waals surface area contributed by atoms with Crippen molar-refractivity contribution < 1.29 is 4.42 Å². The second kappa shape index (κ2) is 7.10. The van der Waals surface area contributed by atoms with Gasteiger partial charge in [-0.2, -0.15) is 0 Å². The zero-order chi connectivity index (χ0) is 14.4. The highest BCUT2D eigenvalue weighted by Gasteiger charge is 2.08. The van der Waals surface area contributed by atoms with Crippen LogP contribution in [0.5, 0.6) is 0 Å². The zero-order valence-electron chi connectivity index (χ0n) is 12.5. The first-order chi connectivity index (χ1) is 9.72. The average Bonchev–Trinajstić information content (AvgIpc) is 2.92. The van der Waals surface area contributed by atoms with Gasteiger partial charge < -0.3 is 14.6 Å². The van der Waals surface area contributed by atoms with Gasteiger partial charge in [0.25, 0.3) is 0 Å². The summed E-state index contributed by atoms with van der Waals surface area (Å²) in [7, 11) is 4.03. The number of furan rings is 1. The van der Waals surface area contributed by atoms with E-state index in [1.807, 2.05) is 13.1 Å². The first-order valence-electron chi connectivity index (χ1n) is 7.09. The van der Waals surface area contributed by atoms with Crippen molar-refractivity contribution >= 4 is 5.82 Å². The van der Waals surface area contributed by atoms with Crippen LogP contribution in [-0.4, -0.2) is 19.1 Å². The number of pyridine rings is 1. The standard InChI is InChI=1S/C16H23N3O/c1-4-5-15-8-14(10-17-2)9-16(18-15)19(3)11-13-6-7-20-12-13/h6-9,12,17H,4-5,10-11H2,1-3H3. The van der Waals surface area contributed by atoms with Gasteiger partial charge in [-0.05, 0) is 37.2 Å². The van der Waals surface area contributed by atoms with Gasteiger partial charge in [0.1, 0.15) is 5.82 Å². The molecule has 0 aliphatic rings. The highest BCUT2D eigenvalue weighted by molar-refractivity contribution is 5.42. The first kappa shape index (κ1) is 14.6. The van der Waals surface area contributed by atoms with Gasteiger partial charge in [0.05, 0.1) is 12.5 Å². The minimum absolute atomic E-state index is 0.804. The third kappa shape index (κ3) is 3.84. The fourth-order valence-corrected chi connectivity index (χ4v) is 2.26. The third-order valence-corrected chi connectivity index (χ3v) is 3.20. The Labute approximate surface area is 120 Å². The van der Waals surface area contributed by atoms with Gasteiger partial charge in [0.15, 0.2) is 0 Å². The van der Waals surface area contributed by atoms with Gasteiger partial charge in [-0.15, -0.1) is 0 Å². The highest BCUT2D eigenvalue weighted by Crippen LogP contribution is 2.17. The fraction of sp³-hybridized carbons (Fsp3) is 0.438. The summed E-state index contributed by atoms with van der Waals surface area (Å²) in [5.41, 5.74) is 3.60. The molecule has 4 nitrogen and oxygen atoms in total. The smallest absolute Gasteiger partial charge is 0.129 e. The molecule has 0 aliphatic heterocycles. The van der Waals surface area contributed by atoms with Crippen LogP contribution in [0, 0.1) is 0 Å². The Kier molecular flexibility index (Phi) is 5.18. The molecular weight excluding hydrogens is 250 g/mol. The van der Waals surface area contributed by atoms with Gasteiger partial charge in [0, 0.05) is 31.4 Å². The van der Waals surface area contributed by atoms with E-state index in [1.54, 1.807) is 12.5 Å². The van der Waals surface area contributed by atoms with Crippen LogP contribution in [0.1, 0.15) is 30.2 Å². The summed E-state index contributed by atoms with van der Waals surface area (Å²) >= 11 is 0. The van der Waals surface area contributed by atoms with Crippen molar-refractivity contribution in [2.24, 2.45) is 0 Å². The fourth-order valence-electron chi connectivity index (χ4n) is 2.26. The lowest BCUT2D eigenvalue weighted by atomic mass is 10.1. The van der Waals surface area contributed by atoms with Crippen LogP contribution in [0.3, 0.4) is 0 Å². The predicted molar refractivity (Wildman–Crippen MR) is 81.8 cm³/mol. The van der Waals surface area contributed by atoms with Gasteiger partial charge in [-0.3, -0.25) is 0 Å². The summed E-state index contributed by atoms with van der Waals surface area (Å²) in [5.74, 6) is 1.02. The van der Waals surface area contributed by atoms with Crippen LogP contribution < -0.4 is 10.2 Å². The number of aryl methyl sites for hydroxylation is 1. The first-order valence-corrected chi connectivity index (χ1v) is 7.09. The van der Waals surface area contributed by atoms with E-state index in [0.717, 1.165) is 43.0 Å². The molecule has 20 heavy (non-hydrogen) atoms. The quantitative estimate of drug-likeness (QED) is 0.842. The van der Waals surface area contributed by atoms with E-state index in [0.29, 0.717) is 0 Å². The average molecular weight is 273 g/mol. The molecule has 0 radical (unpaired) electrons. The van der Waals surface area contributed by atoms with Crippen LogP contribution in [-0.2, 0) is 19.5 Å². The molecule has 0 aliphatic carbocycles. The highest BCUT2D eigenvalue weighted by atomic mass is 16.3. The van der Waals surface area contributed by atoms with Crippen LogP contribution in [0.25, 0.3) is 0 Å². The lowest BCUT2D eigenvalue weighted by Crippen LogP contribution is -2.19. The Morgan fingerprint density at radius 3 is 2.80 bits per heavy atom. The Hall–Kier alpha value is -1.81. The Balaban J connectivity index is 2.19. The van der Waals surface area contributed by atoms with Crippen LogP contribution in [0.2, 0.25) is 0 Å². The number of nitrogens with one attached hydrogen (secondary N) is 1. The van der Waals surface area contributed by atoms with Crippen molar-refractivity contribution in [1.82, 2.24) is 10.3 Å². The van der Waals surface area contributed by atoms with E-state index < -0.39 is 0 Å². The van der Waals surface area contributed by atoms with E-state index in [-0.39, 0.29) is 0 Å². The van der Waals surface area contributed by atoms with Gasteiger partial charge in [-0.25, -0.2) is 4.98 Å². The van der Waals surface area contributed by atoms with E-state index in [1.165, 1.54) is 5.56 Å². The Morgan fingerprint density at radius 2 is 2.15 bits per heavy atom. The molecule has 1 N–H and O–H groups in total. The van der Waals surface area contributed by atoms with Crippen LogP contribution in [0.4, 0.5) is 5.82 Å². The largest absolute Gasteiger partial charge is 0.472 e. The molecule has 4 heteroatoms. The molecule has 0 fully saturated rings. The lowest BCUT2D eigenvalue weighted by Gasteiger charge is -2.19. The van der Waals surface area contributed by atoms with Crippen LogP contribution in [0.15, 0.2) is 35.1 Å². The molecule has 0 unspecified atom stereocenters. The molecule has 2 rings (SSSR count). The second-order valence-corrected chi connectivity index (χ2v) is 5.09. The van der Waals surface area contributed by atoms with Crippen molar-refractivity contribution in [1.29, 1.82) is 0 Å². The van der Waals surface area contributed by atoms with Crippen LogP contribution >= 0.6 is 0 Å². The zero-order valence-corrected chi connectivity index (χ0v) is 12.5. The summed E-state index contributed by atoms with van der Waals surface area (Å²) in [6, 6.07) is 6.33. The number of nitrogens with zero attached hydrogens (tertiary/aromatic N) is 2. The predicted octanol–water partition coefficient (Wildman–Crippen LogP) is 2.98. The van der Waals surface area contributed by atoms with Gasteiger partial charge in [-0.1, -0.05) is 13.3 Å². The number of hydrogen-bond donors (Lipinski definition) is 1. The maximum Gasteiger partial charge on any atom is 0.129 e. The minimum atomic E-state index is 0.804. The number of hydrogen-bond acceptors (Lipinski definition) is 4. The van der Waals surface area contributed by atoms with E-state index in [2.05, 4.69) is 36.3 Å². The molecule has 0 atom stereocenters. The topological polar surface area (TPSA) is 41.3 Å². The Bertz CT molecular complexity index is 498. The molecule has 0 bridgehead atoms. The summed E-state index contributed by atoms with van der Waals surface area (Å²) in [4.78, 5) is 6.91. The van der Waals surface area contributed by atoms with Crippen molar-refractivity contribution in [3.8, 4) is 0 Å². The summed E-state index contributed by atoms with van der Waals surface area (Å²) in [5, 5.41) is 3.20. The maximum absolute atomic E-state index is 5.12. The molecule has 0 saturated carbocycles. The number of anilines is 1. The number of rotatable bonds is 7. The van der Waals surface area contributed by atoms with Crippen molar-refractivity contribution in [3.63, 3.8) is 0 Å². The van der Waals surface area contributed by atoms with Crippen molar-refractivity contribution in [2.45, 2.75) is 32.9 Å². The molecule has 0 aromatic carbocycles. The molecule has 0 saturated heterocycles. The summed E-state index contributed by atoms with van der Waals surface area (Å²) in [6.07, 6.45) is 5.61. The lowest BCUT2D eigenvalue weighted by molar-refractivity contribution is 0.563. The SMILES string of the molecule is CCCc1cc(CNC)cc(N(C)Cc2ccoc2)n1. The molecule has 108 valence electrons. The third-order valence-electron chi connectivity index (χ3n) is 3.20. The number of aromatic nitrogens is 1. The molecule has 2 aromatic heterocycles. The molecule has 0 spiro atoms. The van der Waals surface area contributed by atoms with Gasteiger partial charge >= 0.3 is 0 Å². The van der Waals surface area contributed by atoms with E-state index in [4.69, 9.17) is 9.40 Å². The molecule has 2 heterocycles. The summed E-state index contributed by atoms with van der Waals surface area (Å²) < 4.78 is 5.12.